The maximum Gasteiger partial charge on any atom is 0.0918 e. The van der Waals surface area contributed by atoms with Gasteiger partial charge in [0, 0.05) is 33.2 Å². The second-order valence-corrected chi connectivity index (χ2v) is 4.01. The minimum absolute atomic E-state index is 0.281. The Hall–Kier alpha value is -0.610. The van der Waals surface area contributed by atoms with Gasteiger partial charge in [0.15, 0.2) is 0 Å². The van der Waals surface area contributed by atoms with E-state index in [-0.39, 0.29) is 5.84 Å². The van der Waals surface area contributed by atoms with Crippen molar-refractivity contribution in [2.75, 3.05) is 33.4 Å². The number of amidine groups is 1. The Morgan fingerprint density at radius 3 is 2.71 bits per heavy atom. The van der Waals surface area contributed by atoms with Crippen LogP contribution in [0.1, 0.15) is 19.3 Å². The summed E-state index contributed by atoms with van der Waals surface area (Å²) < 4.78 is 5.05. The Morgan fingerprint density at radius 1 is 1.50 bits per heavy atom. The predicted octanol–water partition coefficient (Wildman–Crippen LogP) is 0.671. The summed E-state index contributed by atoms with van der Waals surface area (Å²) in [4.78, 5) is 2.35. The van der Waals surface area contributed by atoms with E-state index in [1.807, 2.05) is 0 Å². The minimum atomic E-state index is 0.281. The van der Waals surface area contributed by atoms with Gasteiger partial charge in [-0.3, -0.25) is 5.41 Å². The Labute approximate surface area is 85.9 Å². The number of nitrogens with one attached hydrogen (secondary N) is 1. The fraction of sp³-hybridized carbons (Fsp3) is 0.900. The first-order chi connectivity index (χ1) is 6.72. The first-order valence-corrected chi connectivity index (χ1v) is 5.26. The lowest BCUT2D eigenvalue weighted by atomic mass is 10.3. The Bertz CT molecular complexity index is 180. The SMILES string of the molecule is COCCN(CCC(=N)N)CC1CC1. The van der Waals surface area contributed by atoms with Gasteiger partial charge in [-0.2, -0.15) is 0 Å². The van der Waals surface area contributed by atoms with Gasteiger partial charge in [-0.15, -0.1) is 0 Å². The molecule has 0 aromatic rings. The number of ether oxygens (including phenoxy) is 1. The molecule has 82 valence electrons. The van der Waals surface area contributed by atoms with E-state index in [4.69, 9.17) is 15.9 Å². The summed E-state index contributed by atoms with van der Waals surface area (Å²) in [5.41, 5.74) is 5.34. The summed E-state index contributed by atoms with van der Waals surface area (Å²) in [5, 5.41) is 7.18. The molecule has 0 saturated heterocycles. The van der Waals surface area contributed by atoms with Crippen LogP contribution in [0.15, 0.2) is 0 Å². The van der Waals surface area contributed by atoms with Crippen LogP contribution >= 0.6 is 0 Å². The lowest BCUT2D eigenvalue weighted by Crippen LogP contribution is -2.32. The van der Waals surface area contributed by atoms with Crippen molar-refractivity contribution in [3.05, 3.63) is 0 Å². The van der Waals surface area contributed by atoms with Crippen molar-refractivity contribution >= 4 is 5.84 Å². The molecule has 0 spiro atoms. The van der Waals surface area contributed by atoms with Crippen LogP contribution in [0.3, 0.4) is 0 Å². The van der Waals surface area contributed by atoms with E-state index in [0.29, 0.717) is 6.42 Å². The highest BCUT2D eigenvalue weighted by atomic mass is 16.5. The summed E-state index contributed by atoms with van der Waals surface area (Å²) in [6.07, 6.45) is 3.41. The van der Waals surface area contributed by atoms with Gasteiger partial charge in [0.05, 0.1) is 12.4 Å². The first kappa shape index (κ1) is 11.5. The van der Waals surface area contributed by atoms with E-state index in [9.17, 15) is 0 Å². The molecule has 3 N–H and O–H groups in total. The van der Waals surface area contributed by atoms with Crippen LogP contribution in [-0.4, -0.2) is 44.1 Å². The zero-order valence-corrected chi connectivity index (χ0v) is 8.96. The van der Waals surface area contributed by atoms with E-state index in [0.717, 1.165) is 32.2 Å². The molecule has 4 nitrogen and oxygen atoms in total. The molecular formula is C10H21N3O. The molecule has 0 atom stereocenters. The molecule has 1 aliphatic rings. The van der Waals surface area contributed by atoms with Gasteiger partial charge in [-0.25, -0.2) is 0 Å². The van der Waals surface area contributed by atoms with E-state index < -0.39 is 0 Å². The molecule has 1 rings (SSSR count). The number of nitrogens with zero attached hydrogens (tertiary/aromatic N) is 1. The summed E-state index contributed by atoms with van der Waals surface area (Å²) in [6.45, 7) is 3.77. The van der Waals surface area contributed by atoms with Gasteiger partial charge < -0.3 is 15.4 Å². The molecule has 14 heavy (non-hydrogen) atoms. The van der Waals surface area contributed by atoms with Gasteiger partial charge in [0.25, 0.3) is 0 Å². The van der Waals surface area contributed by atoms with Crippen molar-refractivity contribution in [2.45, 2.75) is 19.3 Å². The monoisotopic (exact) mass is 199 g/mol. The molecule has 4 heteroatoms. The number of nitrogens with two attached hydrogens (primary N) is 1. The fourth-order valence-electron chi connectivity index (χ4n) is 1.46. The average Bonchev–Trinajstić information content (AvgIpc) is 2.93. The molecule has 0 aliphatic heterocycles. The minimum Gasteiger partial charge on any atom is -0.388 e. The van der Waals surface area contributed by atoms with Crippen LogP contribution in [-0.2, 0) is 4.74 Å². The molecule has 0 aromatic heterocycles. The van der Waals surface area contributed by atoms with Crippen molar-refractivity contribution in [1.82, 2.24) is 4.90 Å². The maximum absolute atomic E-state index is 7.18. The molecule has 0 aromatic carbocycles. The number of hydrogen-bond acceptors (Lipinski definition) is 3. The molecule has 1 fully saturated rings. The normalized spacial score (nSPS) is 16.1. The zero-order chi connectivity index (χ0) is 10.4. The van der Waals surface area contributed by atoms with Gasteiger partial charge in [-0.05, 0) is 18.8 Å². The molecular weight excluding hydrogens is 178 g/mol. The Balaban J connectivity index is 2.16. The number of methoxy groups -OCH3 is 1. The Kier molecular flexibility index (Phi) is 4.90. The summed E-state index contributed by atoms with van der Waals surface area (Å²) >= 11 is 0. The molecule has 0 heterocycles. The van der Waals surface area contributed by atoms with Crippen LogP contribution in [0.2, 0.25) is 0 Å². The molecule has 1 saturated carbocycles. The summed E-state index contributed by atoms with van der Waals surface area (Å²) in [7, 11) is 1.72. The second kappa shape index (κ2) is 5.98. The topological polar surface area (TPSA) is 62.3 Å². The van der Waals surface area contributed by atoms with Crippen LogP contribution in [0.25, 0.3) is 0 Å². The van der Waals surface area contributed by atoms with Crippen molar-refractivity contribution in [1.29, 1.82) is 5.41 Å². The smallest absolute Gasteiger partial charge is 0.0918 e. The maximum atomic E-state index is 7.18. The third-order valence-corrected chi connectivity index (χ3v) is 2.52. The fourth-order valence-corrected chi connectivity index (χ4v) is 1.46. The van der Waals surface area contributed by atoms with Gasteiger partial charge in [-0.1, -0.05) is 0 Å². The van der Waals surface area contributed by atoms with Crippen LogP contribution in [0.5, 0.6) is 0 Å². The van der Waals surface area contributed by atoms with Crippen molar-refractivity contribution in [3.63, 3.8) is 0 Å². The highest BCUT2D eigenvalue weighted by Crippen LogP contribution is 2.29. The largest absolute Gasteiger partial charge is 0.388 e. The first-order valence-electron chi connectivity index (χ1n) is 5.26. The molecule has 0 unspecified atom stereocenters. The second-order valence-electron chi connectivity index (χ2n) is 4.01. The van der Waals surface area contributed by atoms with Crippen molar-refractivity contribution in [3.8, 4) is 0 Å². The van der Waals surface area contributed by atoms with Crippen molar-refractivity contribution < 1.29 is 4.74 Å². The molecule has 0 radical (unpaired) electrons. The quantitative estimate of drug-likeness (QED) is 0.446. The van der Waals surface area contributed by atoms with E-state index in [1.165, 1.54) is 12.8 Å². The van der Waals surface area contributed by atoms with Crippen LogP contribution in [0.4, 0.5) is 0 Å². The summed E-state index contributed by atoms with van der Waals surface area (Å²) in [5.74, 6) is 1.17. The standard InChI is InChI=1S/C10H21N3O/c1-14-7-6-13(5-4-10(11)12)8-9-2-3-9/h9H,2-8H2,1H3,(H3,11,12). The summed E-state index contributed by atoms with van der Waals surface area (Å²) in [6, 6.07) is 0. The lowest BCUT2D eigenvalue weighted by Gasteiger charge is -2.21. The zero-order valence-electron chi connectivity index (χ0n) is 8.96. The molecule has 1 aliphatic carbocycles. The third-order valence-electron chi connectivity index (χ3n) is 2.52. The molecule has 0 bridgehead atoms. The van der Waals surface area contributed by atoms with E-state index >= 15 is 0 Å². The highest BCUT2D eigenvalue weighted by Gasteiger charge is 2.23. The lowest BCUT2D eigenvalue weighted by molar-refractivity contribution is 0.146. The predicted molar refractivity (Wildman–Crippen MR) is 57.6 cm³/mol. The van der Waals surface area contributed by atoms with E-state index in [2.05, 4.69) is 4.90 Å². The van der Waals surface area contributed by atoms with Gasteiger partial charge >= 0.3 is 0 Å². The van der Waals surface area contributed by atoms with Gasteiger partial charge in [0.1, 0.15) is 0 Å². The number of hydrogen-bond donors (Lipinski definition) is 2. The Morgan fingerprint density at radius 2 is 2.21 bits per heavy atom. The van der Waals surface area contributed by atoms with E-state index in [1.54, 1.807) is 7.11 Å². The van der Waals surface area contributed by atoms with Crippen molar-refractivity contribution in [2.24, 2.45) is 11.7 Å². The highest BCUT2D eigenvalue weighted by molar-refractivity contribution is 5.76. The van der Waals surface area contributed by atoms with Gasteiger partial charge in [0.2, 0.25) is 0 Å². The van der Waals surface area contributed by atoms with Crippen LogP contribution < -0.4 is 5.73 Å². The average molecular weight is 199 g/mol. The third kappa shape index (κ3) is 5.19. The number of rotatable bonds is 8. The molecule has 0 amide bonds. The van der Waals surface area contributed by atoms with Crippen LogP contribution in [0, 0.1) is 11.3 Å².